The second-order valence-corrected chi connectivity index (χ2v) is 7.94. The van der Waals surface area contributed by atoms with E-state index >= 15 is 0 Å². The Bertz CT molecular complexity index is 720. The van der Waals surface area contributed by atoms with Crippen LogP contribution in [0.15, 0.2) is 22.0 Å². The van der Waals surface area contributed by atoms with E-state index in [2.05, 4.69) is 25.3 Å². The number of carbonyl (C=O) groups excluding carboxylic acids is 1. The molecule has 9 heteroatoms. The van der Waals surface area contributed by atoms with E-state index in [-0.39, 0.29) is 5.91 Å². The molecule has 2 aromatic rings. The standard InChI is InChI=1S/C18H26N6O2S/c25-17(24-7-4-19-5-8-24)3-6-22-9-11-23(12-10-22)14-16-20-18(21-26-16)15-2-1-13-27-15/h1-2,13,19H,3-12,14H2. The summed E-state index contributed by atoms with van der Waals surface area (Å²) in [7, 11) is 0. The van der Waals surface area contributed by atoms with Crippen LogP contribution in [-0.4, -0.2) is 89.7 Å². The van der Waals surface area contributed by atoms with Gasteiger partial charge in [0.2, 0.25) is 17.6 Å². The fraction of sp³-hybridized carbons (Fsp3) is 0.611. The molecule has 1 N–H and O–H groups in total. The number of piperazine rings is 2. The minimum absolute atomic E-state index is 0.283. The van der Waals surface area contributed by atoms with Crippen molar-refractivity contribution in [1.29, 1.82) is 0 Å². The van der Waals surface area contributed by atoms with E-state index in [1.54, 1.807) is 11.3 Å². The fourth-order valence-corrected chi connectivity index (χ4v) is 4.16. The molecular formula is C18H26N6O2S. The van der Waals surface area contributed by atoms with Gasteiger partial charge < -0.3 is 19.6 Å². The van der Waals surface area contributed by atoms with Crippen LogP contribution in [0.5, 0.6) is 0 Å². The van der Waals surface area contributed by atoms with Crippen LogP contribution in [0.4, 0.5) is 0 Å². The molecule has 2 fully saturated rings. The number of rotatable bonds is 6. The van der Waals surface area contributed by atoms with Crippen LogP contribution in [0.2, 0.25) is 0 Å². The minimum atomic E-state index is 0.283. The van der Waals surface area contributed by atoms with Crippen molar-refractivity contribution in [2.45, 2.75) is 13.0 Å². The molecule has 0 aromatic carbocycles. The van der Waals surface area contributed by atoms with Crippen LogP contribution in [0, 0.1) is 0 Å². The first-order valence-electron chi connectivity index (χ1n) is 9.57. The smallest absolute Gasteiger partial charge is 0.241 e. The Morgan fingerprint density at radius 2 is 1.93 bits per heavy atom. The first-order chi connectivity index (χ1) is 13.3. The molecule has 0 bridgehead atoms. The molecule has 8 nitrogen and oxygen atoms in total. The zero-order valence-electron chi connectivity index (χ0n) is 15.5. The molecule has 146 valence electrons. The maximum atomic E-state index is 12.3. The number of hydrogen-bond donors (Lipinski definition) is 1. The summed E-state index contributed by atoms with van der Waals surface area (Å²) in [4.78, 5) is 24.5. The number of amides is 1. The van der Waals surface area contributed by atoms with Crippen molar-refractivity contribution in [3.8, 4) is 10.7 Å². The van der Waals surface area contributed by atoms with Gasteiger partial charge in [0, 0.05) is 65.3 Å². The van der Waals surface area contributed by atoms with Gasteiger partial charge in [-0.3, -0.25) is 9.69 Å². The zero-order valence-corrected chi connectivity index (χ0v) is 16.3. The third-order valence-electron chi connectivity index (χ3n) is 5.15. The van der Waals surface area contributed by atoms with Gasteiger partial charge in [-0.15, -0.1) is 11.3 Å². The van der Waals surface area contributed by atoms with Crippen LogP contribution in [0.3, 0.4) is 0 Å². The lowest BCUT2D eigenvalue weighted by atomic mass is 10.2. The number of aromatic nitrogens is 2. The van der Waals surface area contributed by atoms with Crippen molar-refractivity contribution < 1.29 is 9.32 Å². The minimum Gasteiger partial charge on any atom is -0.340 e. The van der Waals surface area contributed by atoms with Crippen LogP contribution in [0.1, 0.15) is 12.3 Å². The summed E-state index contributed by atoms with van der Waals surface area (Å²) in [6.45, 7) is 8.89. The van der Waals surface area contributed by atoms with E-state index in [9.17, 15) is 4.79 Å². The molecule has 2 aromatic heterocycles. The molecule has 2 aliphatic rings. The lowest BCUT2D eigenvalue weighted by Crippen LogP contribution is -2.49. The normalized spacial score (nSPS) is 19.5. The summed E-state index contributed by atoms with van der Waals surface area (Å²) in [5, 5.41) is 9.37. The molecule has 0 unspecified atom stereocenters. The molecule has 27 heavy (non-hydrogen) atoms. The van der Waals surface area contributed by atoms with E-state index < -0.39 is 0 Å². The second-order valence-electron chi connectivity index (χ2n) is 6.99. The topological polar surface area (TPSA) is 77.7 Å². The maximum Gasteiger partial charge on any atom is 0.241 e. The number of thiophene rings is 1. The van der Waals surface area contributed by atoms with Crippen molar-refractivity contribution in [2.24, 2.45) is 0 Å². The predicted octanol–water partition coefficient (Wildman–Crippen LogP) is 0.738. The largest absolute Gasteiger partial charge is 0.340 e. The summed E-state index contributed by atoms with van der Waals surface area (Å²) in [5.74, 6) is 1.62. The monoisotopic (exact) mass is 390 g/mol. The van der Waals surface area contributed by atoms with Crippen LogP contribution < -0.4 is 5.32 Å². The first-order valence-corrected chi connectivity index (χ1v) is 10.5. The molecule has 0 radical (unpaired) electrons. The first kappa shape index (κ1) is 18.5. The van der Waals surface area contributed by atoms with E-state index in [1.165, 1.54) is 0 Å². The summed E-state index contributed by atoms with van der Waals surface area (Å²) in [5.41, 5.74) is 0. The van der Waals surface area contributed by atoms with Gasteiger partial charge in [0.25, 0.3) is 0 Å². The summed E-state index contributed by atoms with van der Waals surface area (Å²) >= 11 is 1.61. The third-order valence-corrected chi connectivity index (χ3v) is 6.01. The van der Waals surface area contributed by atoms with Gasteiger partial charge in [0.1, 0.15) is 0 Å². The SMILES string of the molecule is O=C(CCN1CCN(Cc2nc(-c3cccs3)no2)CC1)N1CCNCC1. The molecule has 1 amide bonds. The van der Waals surface area contributed by atoms with E-state index in [0.29, 0.717) is 24.7 Å². The highest BCUT2D eigenvalue weighted by atomic mass is 32.1. The molecule has 0 saturated carbocycles. The lowest BCUT2D eigenvalue weighted by Gasteiger charge is -2.34. The fourth-order valence-electron chi connectivity index (χ4n) is 3.51. The quantitative estimate of drug-likeness (QED) is 0.779. The van der Waals surface area contributed by atoms with Crippen LogP contribution in [-0.2, 0) is 11.3 Å². The molecule has 0 spiro atoms. The number of carbonyl (C=O) groups is 1. The lowest BCUT2D eigenvalue weighted by molar-refractivity contribution is -0.132. The Balaban J connectivity index is 1.18. The molecular weight excluding hydrogens is 364 g/mol. The Morgan fingerprint density at radius 1 is 1.15 bits per heavy atom. The second kappa shape index (κ2) is 8.92. The molecule has 2 saturated heterocycles. The Hall–Kier alpha value is -1.81. The summed E-state index contributed by atoms with van der Waals surface area (Å²) in [6.07, 6.45) is 0.619. The van der Waals surface area contributed by atoms with Gasteiger partial charge >= 0.3 is 0 Å². The molecule has 4 heterocycles. The van der Waals surface area contributed by atoms with Crippen LogP contribution in [0.25, 0.3) is 10.7 Å². The molecule has 0 aliphatic carbocycles. The molecule has 0 atom stereocenters. The van der Waals surface area contributed by atoms with Crippen molar-refractivity contribution >= 4 is 17.2 Å². The number of nitrogens with zero attached hydrogens (tertiary/aromatic N) is 5. The van der Waals surface area contributed by atoms with Gasteiger partial charge in [-0.1, -0.05) is 11.2 Å². The summed E-state index contributed by atoms with van der Waals surface area (Å²) in [6, 6.07) is 3.99. The average Bonchev–Trinajstić information content (AvgIpc) is 3.40. The van der Waals surface area contributed by atoms with Crippen molar-refractivity contribution in [3.05, 3.63) is 23.4 Å². The van der Waals surface area contributed by atoms with Gasteiger partial charge in [-0.2, -0.15) is 4.98 Å². The maximum absolute atomic E-state index is 12.3. The van der Waals surface area contributed by atoms with Crippen molar-refractivity contribution in [2.75, 3.05) is 58.9 Å². The highest BCUT2D eigenvalue weighted by molar-refractivity contribution is 7.13. The zero-order chi connectivity index (χ0) is 18.5. The van der Waals surface area contributed by atoms with Gasteiger partial charge in [-0.25, -0.2) is 0 Å². The predicted molar refractivity (Wildman–Crippen MR) is 103 cm³/mol. The van der Waals surface area contributed by atoms with Gasteiger partial charge in [0.15, 0.2) is 0 Å². The van der Waals surface area contributed by atoms with Crippen LogP contribution >= 0.6 is 11.3 Å². The summed E-state index contributed by atoms with van der Waals surface area (Å²) < 4.78 is 5.40. The Labute approximate surface area is 163 Å². The Kier molecular flexibility index (Phi) is 6.13. The van der Waals surface area contributed by atoms with E-state index in [0.717, 1.165) is 63.8 Å². The number of nitrogens with one attached hydrogen (secondary N) is 1. The highest BCUT2D eigenvalue weighted by Gasteiger charge is 2.21. The Morgan fingerprint density at radius 3 is 2.67 bits per heavy atom. The third kappa shape index (κ3) is 4.92. The van der Waals surface area contributed by atoms with Gasteiger partial charge in [0.05, 0.1) is 11.4 Å². The van der Waals surface area contributed by atoms with Crippen molar-refractivity contribution in [3.63, 3.8) is 0 Å². The highest BCUT2D eigenvalue weighted by Crippen LogP contribution is 2.21. The molecule has 2 aliphatic heterocycles. The van der Waals surface area contributed by atoms with E-state index in [1.807, 2.05) is 22.4 Å². The number of hydrogen-bond acceptors (Lipinski definition) is 8. The van der Waals surface area contributed by atoms with E-state index in [4.69, 9.17) is 4.52 Å². The van der Waals surface area contributed by atoms with Gasteiger partial charge in [-0.05, 0) is 11.4 Å². The molecule has 4 rings (SSSR count). The van der Waals surface area contributed by atoms with Crippen molar-refractivity contribution in [1.82, 2.24) is 30.2 Å². The average molecular weight is 391 g/mol.